The molecule has 1 saturated heterocycles. The van der Waals surface area contributed by atoms with E-state index in [-0.39, 0.29) is 11.8 Å². The van der Waals surface area contributed by atoms with Crippen LogP contribution >= 0.6 is 0 Å². The Morgan fingerprint density at radius 1 is 1.45 bits per heavy atom. The zero-order chi connectivity index (χ0) is 8.65. The van der Waals surface area contributed by atoms with Crippen molar-refractivity contribution in [2.45, 2.75) is 20.3 Å². The van der Waals surface area contributed by atoms with E-state index >= 15 is 0 Å². The van der Waals surface area contributed by atoms with E-state index in [0.29, 0.717) is 6.42 Å². The Morgan fingerprint density at radius 3 is 2.18 bits per heavy atom. The summed E-state index contributed by atoms with van der Waals surface area (Å²) >= 11 is 0. The van der Waals surface area contributed by atoms with Gasteiger partial charge in [-0.1, -0.05) is 13.8 Å². The number of amides is 2. The van der Waals surface area contributed by atoms with Crippen LogP contribution in [0, 0.1) is 5.41 Å². The zero-order valence-electron chi connectivity index (χ0n) is 6.97. The van der Waals surface area contributed by atoms with Gasteiger partial charge in [0.2, 0.25) is 11.8 Å². The Hall–Kier alpha value is -0.900. The third-order valence-corrected chi connectivity index (χ3v) is 1.85. The SMILES string of the molecule is CNN1C(=O)CC(C)(C)C1=O. The summed E-state index contributed by atoms with van der Waals surface area (Å²) in [6.45, 7) is 3.54. The molecule has 1 heterocycles. The zero-order valence-corrected chi connectivity index (χ0v) is 6.97. The summed E-state index contributed by atoms with van der Waals surface area (Å²) < 4.78 is 0. The highest BCUT2D eigenvalue weighted by molar-refractivity contribution is 6.04. The first-order chi connectivity index (χ1) is 4.99. The molecular weight excluding hydrogens is 144 g/mol. The van der Waals surface area contributed by atoms with Gasteiger partial charge in [0.1, 0.15) is 0 Å². The molecule has 62 valence electrons. The molecule has 0 bridgehead atoms. The highest BCUT2D eigenvalue weighted by atomic mass is 16.2. The van der Waals surface area contributed by atoms with Crippen LogP contribution in [0.2, 0.25) is 0 Å². The van der Waals surface area contributed by atoms with Crippen molar-refractivity contribution in [3.63, 3.8) is 0 Å². The largest absolute Gasteiger partial charge is 0.273 e. The molecule has 1 aliphatic heterocycles. The van der Waals surface area contributed by atoms with Gasteiger partial charge in [-0.15, -0.1) is 0 Å². The molecular formula is C7H12N2O2. The monoisotopic (exact) mass is 156 g/mol. The van der Waals surface area contributed by atoms with Crippen molar-refractivity contribution in [2.24, 2.45) is 5.41 Å². The van der Waals surface area contributed by atoms with Gasteiger partial charge in [0.25, 0.3) is 0 Å². The van der Waals surface area contributed by atoms with Crippen LogP contribution in [0.3, 0.4) is 0 Å². The molecule has 0 spiro atoms. The summed E-state index contributed by atoms with van der Waals surface area (Å²) in [4.78, 5) is 22.4. The second kappa shape index (κ2) is 2.30. The van der Waals surface area contributed by atoms with Crippen molar-refractivity contribution in [3.8, 4) is 0 Å². The first kappa shape index (κ1) is 8.20. The number of hydrogen-bond donors (Lipinski definition) is 1. The molecule has 11 heavy (non-hydrogen) atoms. The van der Waals surface area contributed by atoms with Crippen molar-refractivity contribution >= 4 is 11.8 Å². The van der Waals surface area contributed by atoms with Gasteiger partial charge in [-0.2, -0.15) is 0 Å². The number of hydrazine groups is 1. The maximum absolute atomic E-state index is 11.3. The molecule has 0 aliphatic carbocycles. The van der Waals surface area contributed by atoms with E-state index in [9.17, 15) is 9.59 Å². The smallest absolute Gasteiger partial charge is 0.249 e. The minimum absolute atomic E-state index is 0.148. The third kappa shape index (κ3) is 1.14. The molecule has 0 aromatic heterocycles. The molecule has 0 unspecified atom stereocenters. The lowest BCUT2D eigenvalue weighted by Crippen LogP contribution is -2.41. The molecule has 0 aromatic rings. The fourth-order valence-electron chi connectivity index (χ4n) is 1.17. The summed E-state index contributed by atoms with van der Waals surface area (Å²) in [6, 6.07) is 0. The van der Waals surface area contributed by atoms with Crippen LogP contribution in [0.15, 0.2) is 0 Å². The molecule has 0 saturated carbocycles. The van der Waals surface area contributed by atoms with E-state index in [2.05, 4.69) is 5.43 Å². The summed E-state index contributed by atoms with van der Waals surface area (Å²) in [6.07, 6.45) is 0.298. The fraction of sp³-hybridized carbons (Fsp3) is 0.714. The maximum atomic E-state index is 11.3. The number of carbonyl (C=O) groups is 2. The number of carbonyl (C=O) groups excluding carboxylic acids is 2. The quantitative estimate of drug-likeness (QED) is 0.539. The highest BCUT2D eigenvalue weighted by Crippen LogP contribution is 2.29. The van der Waals surface area contributed by atoms with Gasteiger partial charge < -0.3 is 0 Å². The van der Waals surface area contributed by atoms with Crippen molar-refractivity contribution in [1.82, 2.24) is 10.4 Å². The van der Waals surface area contributed by atoms with Crippen molar-refractivity contribution < 1.29 is 9.59 Å². The second-order valence-corrected chi connectivity index (χ2v) is 3.32. The van der Waals surface area contributed by atoms with Crippen molar-refractivity contribution in [2.75, 3.05) is 7.05 Å². The molecule has 0 aromatic carbocycles. The van der Waals surface area contributed by atoms with Crippen LogP contribution in [0.4, 0.5) is 0 Å². The Bertz CT molecular complexity index is 210. The van der Waals surface area contributed by atoms with Gasteiger partial charge in [-0.05, 0) is 0 Å². The summed E-state index contributed by atoms with van der Waals surface area (Å²) in [5.41, 5.74) is 2.03. The van der Waals surface area contributed by atoms with Crippen molar-refractivity contribution in [1.29, 1.82) is 0 Å². The van der Waals surface area contributed by atoms with Gasteiger partial charge >= 0.3 is 0 Å². The van der Waals surface area contributed by atoms with Crippen LogP contribution in [0.1, 0.15) is 20.3 Å². The Kier molecular flexibility index (Phi) is 1.72. The fourth-order valence-corrected chi connectivity index (χ4v) is 1.17. The molecule has 4 heteroatoms. The summed E-state index contributed by atoms with van der Waals surface area (Å²) in [5, 5.41) is 1.07. The predicted octanol–water partition coefficient (Wildman–Crippen LogP) is -0.0941. The minimum atomic E-state index is -0.528. The molecule has 1 fully saturated rings. The topological polar surface area (TPSA) is 49.4 Å². The average molecular weight is 156 g/mol. The molecule has 4 nitrogen and oxygen atoms in total. The van der Waals surface area contributed by atoms with Gasteiger partial charge in [0.05, 0.1) is 5.41 Å². The van der Waals surface area contributed by atoms with Gasteiger partial charge in [0.15, 0.2) is 0 Å². The van der Waals surface area contributed by atoms with Gasteiger partial charge in [-0.3, -0.25) is 9.59 Å². The van der Waals surface area contributed by atoms with Crippen LogP contribution in [-0.2, 0) is 9.59 Å². The molecule has 0 radical (unpaired) electrons. The van der Waals surface area contributed by atoms with Gasteiger partial charge in [0, 0.05) is 13.5 Å². The number of hydrogen-bond acceptors (Lipinski definition) is 3. The first-order valence-electron chi connectivity index (χ1n) is 3.54. The molecule has 1 rings (SSSR count). The Morgan fingerprint density at radius 2 is 2.00 bits per heavy atom. The molecule has 1 N–H and O–H groups in total. The van der Waals surface area contributed by atoms with E-state index in [1.807, 2.05) is 0 Å². The normalized spacial score (nSPS) is 23.0. The number of nitrogens with zero attached hydrogens (tertiary/aromatic N) is 1. The third-order valence-electron chi connectivity index (χ3n) is 1.85. The van der Waals surface area contributed by atoms with Crippen LogP contribution in [-0.4, -0.2) is 23.9 Å². The summed E-state index contributed by atoms with van der Waals surface area (Å²) in [7, 11) is 1.57. The van der Waals surface area contributed by atoms with E-state index in [1.165, 1.54) is 0 Å². The highest BCUT2D eigenvalue weighted by Gasteiger charge is 2.44. The van der Waals surface area contributed by atoms with E-state index in [0.717, 1.165) is 5.01 Å². The number of rotatable bonds is 1. The van der Waals surface area contributed by atoms with Gasteiger partial charge in [-0.25, -0.2) is 10.4 Å². The van der Waals surface area contributed by atoms with Crippen LogP contribution in [0.25, 0.3) is 0 Å². The molecule has 2 amide bonds. The van der Waals surface area contributed by atoms with E-state index < -0.39 is 5.41 Å². The second-order valence-electron chi connectivity index (χ2n) is 3.32. The van der Waals surface area contributed by atoms with E-state index in [1.54, 1.807) is 20.9 Å². The molecule has 1 aliphatic rings. The van der Waals surface area contributed by atoms with Crippen LogP contribution < -0.4 is 5.43 Å². The minimum Gasteiger partial charge on any atom is -0.273 e. The lowest BCUT2D eigenvalue weighted by atomic mass is 9.92. The van der Waals surface area contributed by atoms with Crippen molar-refractivity contribution in [3.05, 3.63) is 0 Å². The average Bonchev–Trinajstić information content (AvgIpc) is 2.04. The number of imide groups is 1. The predicted molar refractivity (Wildman–Crippen MR) is 39.3 cm³/mol. The van der Waals surface area contributed by atoms with E-state index in [4.69, 9.17) is 0 Å². The Labute approximate surface area is 65.5 Å². The summed E-state index contributed by atoms with van der Waals surface area (Å²) in [5.74, 6) is -0.299. The Balaban J connectivity index is 2.88. The van der Waals surface area contributed by atoms with Crippen LogP contribution in [0.5, 0.6) is 0 Å². The molecule has 0 atom stereocenters. The number of nitrogens with one attached hydrogen (secondary N) is 1. The lowest BCUT2D eigenvalue weighted by molar-refractivity contribution is -0.143. The lowest BCUT2D eigenvalue weighted by Gasteiger charge is -2.15. The standard InChI is InChI=1S/C7H12N2O2/c1-7(2)4-5(10)9(8-3)6(7)11/h8H,4H2,1-3H3. The first-order valence-corrected chi connectivity index (χ1v) is 3.54. The maximum Gasteiger partial charge on any atom is 0.249 e.